The van der Waals surface area contributed by atoms with E-state index in [1.54, 1.807) is 0 Å². The standard InChI is InChI=1S/C3H9O2PS/c1-3(2)7-6(4)5/h3-5H,1-2H3. The van der Waals surface area contributed by atoms with Crippen molar-refractivity contribution >= 4 is 19.0 Å². The molecule has 0 spiro atoms. The Kier molecular flexibility index (Phi) is 4.04. The van der Waals surface area contributed by atoms with E-state index in [4.69, 9.17) is 9.79 Å². The zero-order chi connectivity index (χ0) is 5.86. The molecular formula is C3H9O2PS. The lowest BCUT2D eigenvalue weighted by molar-refractivity contribution is 0.505. The van der Waals surface area contributed by atoms with Gasteiger partial charge >= 0.3 is 0 Å². The van der Waals surface area contributed by atoms with E-state index in [0.717, 1.165) is 0 Å². The summed E-state index contributed by atoms with van der Waals surface area (Å²) in [6.07, 6.45) is 0. The molecule has 0 unspecified atom stereocenters. The minimum atomic E-state index is -1.72. The number of rotatable bonds is 2. The summed E-state index contributed by atoms with van der Waals surface area (Å²) in [5.41, 5.74) is 0. The molecule has 0 fully saturated rings. The lowest BCUT2D eigenvalue weighted by atomic mass is 10.6. The average molecular weight is 140 g/mol. The van der Waals surface area contributed by atoms with E-state index in [1.165, 1.54) is 11.4 Å². The quantitative estimate of drug-likeness (QED) is 0.568. The first-order valence-corrected chi connectivity index (χ1v) is 4.70. The van der Waals surface area contributed by atoms with E-state index < -0.39 is 7.58 Å². The van der Waals surface area contributed by atoms with E-state index in [-0.39, 0.29) is 0 Å². The fourth-order valence-corrected chi connectivity index (χ4v) is 1.70. The summed E-state index contributed by atoms with van der Waals surface area (Å²) in [4.78, 5) is 16.6. The SMILES string of the molecule is CC(C)SP(O)O. The summed E-state index contributed by atoms with van der Waals surface area (Å²) < 4.78 is 0. The molecule has 0 rings (SSSR count). The predicted octanol–water partition coefficient (Wildman–Crippen LogP) is 1.34. The molecule has 2 nitrogen and oxygen atoms in total. The molecule has 0 aliphatic carbocycles. The Balaban J connectivity index is 2.95. The number of hydrogen-bond acceptors (Lipinski definition) is 3. The van der Waals surface area contributed by atoms with Crippen molar-refractivity contribution in [3.8, 4) is 0 Å². The van der Waals surface area contributed by atoms with Crippen LogP contribution >= 0.6 is 19.0 Å². The highest BCUT2D eigenvalue weighted by molar-refractivity contribution is 8.52. The zero-order valence-corrected chi connectivity index (χ0v) is 6.04. The monoisotopic (exact) mass is 140 g/mol. The molecular weight excluding hydrogens is 131 g/mol. The molecule has 4 heteroatoms. The third-order valence-electron chi connectivity index (χ3n) is 0.305. The maximum absolute atomic E-state index is 8.31. The van der Waals surface area contributed by atoms with Crippen LogP contribution in [0.15, 0.2) is 0 Å². The molecule has 0 aliphatic rings. The second-order valence-electron chi connectivity index (χ2n) is 1.41. The first-order valence-electron chi connectivity index (χ1n) is 1.97. The van der Waals surface area contributed by atoms with Crippen LogP contribution in [0.1, 0.15) is 13.8 Å². The molecule has 0 radical (unpaired) electrons. The minimum absolute atomic E-state index is 0.320. The Labute approximate surface area is 48.6 Å². The third-order valence-corrected chi connectivity index (χ3v) is 2.75. The van der Waals surface area contributed by atoms with Gasteiger partial charge in [-0.2, -0.15) is 0 Å². The second-order valence-corrected chi connectivity index (χ2v) is 4.68. The van der Waals surface area contributed by atoms with Crippen LogP contribution in [0.2, 0.25) is 0 Å². The Morgan fingerprint density at radius 3 is 1.86 bits per heavy atom. The molecule has 0 aliphatic heterocycles. The summed E-state index contributed by atoms with van der Waals surface area (Å²) in [6, 6.07) is 0. The summed E-state index contributed by atoms with van der Waals surface area (Å²) in [5.74, 6) is 0. The molecule has 0 atom stereocenters. The highest BCUT2D eigenvalue weighted by Gasteiger charge is 2.00. The van der Waals surface area contributed by atoms with Gasteiger partial charge in [0.25, 0.3) is 0 Å². The van der Waals surface area contributed by atoms with Gasteiger partial charge in [0.1, 0.15) is 0 Å². The lowest BCUT2D eigenvalue weighted by Crippen LogP contribution is -1.81. The van der Waals surface area contributed by atoms with Gasteiger partial charge in [-0.3, -0.25) is 0 Å². The Morgan fingerprint density at radius 2 is 1.86 bits per heavy atom. The van der Waals surface area contributed by atoms with Crippen molar-refractivity contribution < 1.29 is 9.79 Å². The van der Waals surface area contributed by atoms with Crippen molar-refractivity contribution in [1.82, 2.24) is 0 Å². The first-order chi connectivity index (χ1) is 3.13. The van der Waals surface area contributed by atoms with Crippen LogP contribution in [-0.4, -0.2) is 15.0 Å². The van der Waals surface area contributed by atoms with Crippen LogP contribution in [0.5, 0.6) is 0 Å². The smallest absolute Gasteiger partial charge is 0.232 e. The molecule has 2 N–H and O–H groups in total. The summed E-state index contributed by atoms with van der Waals surface area (Å²) in [5, 5.41) is 0.320. The van der Waals surface area contributed by atoms with Crippen molar-refractivity contribution in [2.45, 2.75) is 19.1 Å². The fourth-order valence-electron chi connectivity index (χ4n) is 0.189. The van der Waals surface area contributed by atoms with Crippen LogP contribution in [0.3, 0.4) is 0 Å². The lowest BCUT2D eigenvalue weighted by Gasteiger charge is -2.02. The normalized spacial score (nSPS) is 11.1. The summed E-state index contributed by atoms with van der Waals surface area (Å²) in [6.45, 7) is 3.85. The molecule has 0 amide bonds. The maximum Gasteiger partial charge on any atom is 0.232 e. The van der Waals surface area contributed by atoms with Crippen LogP contribution in [0.25, 0.3) is 0 Å². The van der Waals surface area contributed by atoms with E-state index in [0.29, 0.717) is 5.25 Å². The van der Waals surface area contributed by atoms with Crippen molar-refractivity contribution in [2.24, 2.45) is 0 Å². The van der Waals surface area contributed by atoms with Gasteiger partial charge in [0.15, 0.2) is 0 Å². The molecule has 0 saturated carbocycles. The Hall–Kier alpha value is 0.700. The van der Waals surface area contributed by atoms with Gasteiger partial charge in [0.2, 0.25) is 7.58 Å². The van der Waals surface area contributed by atoms with Crippen LogP contribution < -0.4 is 0 Å². The minimum Gasteiger partial charge on any atom is -0.342 e. The maximum atomic E-state index is 8.31. The van der Waals surface area contributed by atoms with Crippen LogP contribution in [0, 0.1) is 0 Å². The van der Waals surface area contributed by atoms with Crippen LogP contribution in [0.4, 0.5) is 0 Å². The predicted molar refractivity (Wildman–Crippen MR) is 34.1 cm³/mol. The topological polar surface area (TPSA) is 40.5 Å². The van der Waals surface area contributed by atoms with E-state index >= 15 is 0 Å². The molecule has 0 aromatic rings. The van der Waals surface area contributed by atoms with E-state index in [1.807, 2.05) is 13.8 Å². The Bertz CT molecular complexity index is 42.2. The molecule has 0 bridgehead atoms. The molecule has 0 saturated heterocycles. The van der Waals surface area contributed by atoms with E-state index in [9.17, 15) is 0 Å². The van der Waals surface area contributed by atoms with E-state index in [2.05, 4.69) is 0 Å². The largest absolute Gasteiger partial charge is 0.342 e. The van der Waals surface area contributed by atoms with Gasteiger partial charge in [-0.1, -0.05) is 25.2 Å². The Morgan fingerprint density at radius 1 is 1.43 bits per heavy atom. The number of hydrogen-bond donors (Lipinski definition) is 2. The van der Waals surface area contributed by atoms with Gasteiger partial charge in [0, 0.05) is 5.25 Å². The summed E-state index contributed by atoms with van der Waals surface area (Å²) >= 11 is 1.19. The van der Waals surface area contributed by atoms with Crippen molar-refractivity contribution in [2.75, 3.05) is 0 Å². The van der Waals surface area contributed by atoms with Gasteiger partial charge in [-0.25, -0.2) is 0 Å². The molecule has 0 aromatic carbocycles. The second kappa shape index (κ2) is 3.67. The average Bonchev–Trinajstić information content (AvgIpc) is 1.27. The van der Waals surface area contributed by atoms with Gasteiger partial charge in [0.05, 0.1) is 0 Å². The van der Waals surface area contributed by atoms with Crippen molar-refractivity contribution in [1.29, 1.82) is 0 Å². The molecule has 44 valence electrons. The molecule has 0 heterocycles. The molecule has 0 aromatic heterocycles. The molecule has 7 heavy (non-hydrogen) atoms. The van der Waals surface area contributed by atoms with Crippen molar-refractivity contribution in [3.63, 3.8) is 0 Å². The summed E-state index contributed by atoms with van der Waals surface area (Å²) in [7, 11) is -1.72. The van der Waals surface area contributed by atoms with Gasteiger partial charge < -0.3 is 9.79 Å². The van der Waals surface area contributed by atoms with Gasteiger partial charge in [-0.15, -0.1) is 0 Å². The van der Waals surface area contributed by atoms with Crippen molar-refractivity contribution in [3.05, 3.63) is 0 Å². The highest BCUT2D eigenvalue weighted by Crippen LogP contribution is 2.43. The zero-order valence-electron chi connectivity index (χ0n) is 4.33. The fraction of sp³-hybridized carbons (Fsp3) is 1.00. The highest BCUT2D eigenvalue weighted by atomic mass is 32.7. The third kappa shape index (κ3) is 6.70. The van der Waals surface area contributed by atoms with Crippen LogP contribution in [-0.2, 0) is 0 Å². The van der Waals surface area contributed by atoms with Gasteiger partial charge in [-0.05, 0) is 0 Å². The first kappa shape index (κ1) is 7.70.